The highest BCUT2D eigenvalue weighted by Gasteiger charge is 2.21. The summed E-state index contributed by atoms with van der Waals surface area (Å²) in [5.74, 6) is 1.07. The van der Waals surface area contributed by atoms with Gasteiger partial charge in [-0.2, -0.15) is 0 Å². The lowest BCUT2D eigenvalue weighted by Gasteiger charge is -2.38. The summed E-state index contributed by atoms with van der Waals surface area (Å²) in [7, 11) is 1.91. The van der Waals surface area contributed by atoms with Crippen LogP contribution >= 0.6 is 24.0 Å². The summed E-state index contributed by atoms with van der Waals surface area (Å²) in [5.41, 5.74) is 4.17. The van der Waals surface area contributed by atoms with Gasteiger partial charge in [0, 0.05) is 45.5 Å². The first-order valence-corrected chi connectivity index (χ1v) is 10.7. The number of unbranched alkanes of at least 4 members (excludes halogenated alkanes) is 1. The second kappa shape index (κ2) is 11.9. The van der Waals surface area contributed by atoms with Gasteiger partial charge in [-0.1, -0.05) is 12.1 Å². The average Bonchev–Trinajstić information content (AvgIpc) is 3.21. The van der Waals surface area contributed by atoms with Crippen LogP contribution in [0.5, 0.6) is 0 Å². The summed E-state index contributed by atoms with van der Waals surface area (Å²) in [5, 5.41) is 3.58. The highest BCUT2D eigenvalue weighted by Crippen LogP contribution is 2.23. The van der Waals surface area contributed by atoms with E-state index in [-0.39, 0.29) is 24.0 Å². The first-order chi connectivity index (χ1) is 13.2. The number of aryl methyl sites for hydroxylation is 1. The van der Waals surface area contributed by atoms with E-state index in [0.717, 1.165) is 38.7 Å². The van der Waals surface area contributed by atoms with Crippen LogP contribution in [0, 0.1) is 13.8 Å². The van der Waals surface area contributed by atoms with Crippen molar-refractivity contribution in [3.8, 4) is 0 Å². The van der Waals surface area contributed by atoms with Crippen molar-refractivity contribution < 1.29 is 0 Å². The van der Waals surface area contributed by atoms with Crippen LogP contribution in [0.1, 0.15) is 36.8 Å². The Kier molecular flexibility index (Phi) is 9.85. The lowest BCUT2D eigenvalue weighted by molar-refractivity contribution is 0.329. The van der Waals surface area contributed by atoms with Crippen molar-refractivity contribution in [2.45, 2.75) is 39.5 Å². The molecule has 2 heterocycles. The maximum Gasteiger partial charge on any atom is 0.193 e. The summed E-state index contributed by atoms with van der Waals surface area (Å²) in [6.45, 7) is 13.5. The van der Waals surface area contributed by atoms with Gasteiger partial charge in [0.15, 0.2) is 5.96 Å². The van der Waals surface area contributed by atoms with Gasteiger partial charge in [-0.25, -0.2) is 0 Å². The van der Waals surface area contributed by atoms with Crippen LogP contribution in [0.15, 0.2) is 23.2 Å². The molecule has 0 spiro atoms. The van der Waals surface area contributed by atoms with Crippen molar-refractivity contribution in [3.63, 3.8) is 0 Å². The van der Waals surface area contributed by atoms with E-state index in [4.69, 9.17) is 0 Å². The number of guanidine groups is 1. The van der Waals surface area contributed by atoms with Gasteiger partial charge in [0.2, 0.25) is 0 Å². The Bertz CT molecular complexity index is 619. The van der Waals surface area contributed by atoms with Crippen LogP contribution < -0.4 is 10.2 Å². The van der Waals surface area contributed by atoms with E-state index < -0.39 is 0 Å². The number of likely N-dealkylation sites (tertiary alicyclic amines) is 1. The van der Waals surface area contributed by atoms with Gasteiger partial charge in [-0.3, -0.25) is 4.99 Å². The fourth-order valence-electron chi connectivity index (χ4n) is 4.24. The van der Waals surface area contributed by atoms with Gasteiger partial charge in [0.05, 0.1) is 0 Å². The van der Waals surface area contributed by atoms with Crippen molar-refractivity contribution >= 4 is 35.6 Å². The molecule has 3 rings (SSSR count). The molecule has 5 nitrogen and oxygen atoms in total. The van der Waals surface area contributed by atoms with E-state index in [1.807, 2.05) is 7.05 Å². The zero-order valence-electron chi connectivity index (χ0n) is 17.9. The molecule has 158 valence electrons. The largest absolute Gasteiger partial charge is 0.368 e. The Morgan fingerprint density at radius 2 is 1.71 bits per heavy atom. The molecule has 0 radical (unpaired) electrons. The molecule has 6 heteroatoms. The molecule has 0 amide bonds. The normalized spacial score (nSPS) is 18.3. The lowest BCUT2D eigenvalue weighted by Crippen LogP contribution is -2.52. The van der Waals surface area contributed by atoms with E-state index in [1.165, 1.54) is 62.1 Å². The standard InChI is InChI=1S/C22H37N5.HI/c1-19-9-8-10-21(20(19)2)26-15-17-27(18-16-26)22(23-3)24-11-4-5-12-25-13-6-7-14-25;/h8-10H,4-7,11-18H2,1-3H3,(H,23,24);1H. The molecule has 2 saturated heterocycles. The number of halogens is 1. The number of rotatable bonds is 6. The van der Waals surface area contributed by atoms with E-state index in [9.17, 15) is 0 Å². The number of anilines is 1. The Balaban J connectivity index is 0.00000280. The topological polar surface area (TPSA) is 34.1 Å². The monoisotopic (exact) mass is 499 g/mol. The number of piperazine rings is 1. The van der Waals surface area contributed by atoms with E-state index in [2.05, 4.69) is 57.1 Å². The third-order valence-electron chi connectivity index (χ3n) is 6.09. The zero-order chi connectivity index (χ0) is 19.1. The van der Waals surface area contributed by atoms with Crippen LogP contribution in [-0.4, -0.2) is 75.2 Å². The van der Waals surface area contributed by atoms with Gasteiger partial charge in [-0.05, 0) is 76.4 Å². The van der Waals surface area contributed by atoms with E-state index in [1.54, 1.807) is 0 Å². The predicted octanol–water partition coefficient (Wildman–Crippen LogP) is 3.49. The van der Waals surface area contributed by atoms with Gasteiger partial charge in [-0.15, -0.1) is 24.0 Å². The summed E-state index contributed by atoms with van der Waals surface area (Å²) in [6, 6.07) is 6.63. The molecular formula is C22H38IN5. The molecule has 0 saturated carbocycles. The molecule has 2 aliphatic heterocycles. The third-order valence-corrected chi connectivity index (χ3v) is 6.09. The summed E-state index contributed by atoms with van der Waals surface area (Å²) in [6.07, 6.45) is 5.28. The van der Waals surface area contributed by atoms with Gasteiger partial charge in [0.25, 0.3) is 0 Å². The summed E-state index contributed by atoms with van der Waals surface area (Å²) < 4.78 is 0. The Labute approximate surface area is 188 Å². The van der Waals surface area contributed by atoms with Crippen LogP contribution in [0.25, 0.3) is 0 Å². The number of benzene rings is 1. The second-order valence-corrected chi connectivity index (χ2v) is 7.92. The molecule has 1 N–H and O–H groups in total. The third kappa shape index (κ3) is 6.24. The lowest BCUT2D eigenvalue weighted by atomic mass is 10.1. The number of nitrogens with zero attached hydrogens (tertiary/aromatic N) is 4. The number of aliphatic imine (C=N–C) groups is 1. The van der Waals surface area contributed by atoms with Gasteiger partial charge >= 0.3 is 0 Å². The molecular weight excluding hydrogens is 461 g/mol. The van der Waals surface area contributed by atoms with E-state index in [0.29, 0.717) is 0 Å². The minimum Gasteiger partial charge on any atom is -0.368 e. The number of hydrogen-bond acceptors (Lipinski definition) is 3. The molecule has 0 atom stereocenters. The first-order valence-electron chi connectivity index (χ1n) is 10.7. The molecule has 28 heavy (non-hydrogen) atoms. The SMILES string of the molecule is CN=C(NCCCCN1CCCC1)N1CCN(c2cccc(C)c2C)CC1.I. The minimum atomic E-state index is 0. The molecule has 0 aromatic heterocycles. The van der Waals surface area contributed by atoms with Crippen LogP contribution in [0.4, 0.5) is 5.69 Å². The maximum atomic E-state index is 4.52. The molecule has 0 aliphatic carbocycles. The quantitative estimate of drug-likeness (QED) is 0.281. The van der Waals surface area contributed by atoms with Crippen molar-refractivity contribution in [2.75, 3.05) is 64.3 Å². The molecule has 1 aromatic rings. The molecule has 2 fully saturated rings. The first kappa shape index (κ1) is 23.3. The zero-order valence-corrected chi connectivity index (χ0v) is 20.2. The second-order valence-electron chi connectivity index (χ2n) is 7.92. The number of nitrogens with one attached hydrogen (secondary N) is 1. The van der Waals surface area contributed by atoms with E-state index >= 15 is 0 Å². The smallest absolute Gasteiger partial charge is 0.193 e. The maximum absolute atomic E-state index is 4.52. The van der Waals surface area contributed by atoms with Crippen molar-refractivity contribution in [3.05, 3.63) is 29.3 Å². The van der Waals surface area contributed by atoms with Crippen LogP contribution in [0.3, 0.4) is 0 Å². The van der Waals surface area contributed by atoms with Gasteiger partial charge < -0.3 is 20.0 Å². The highest BCUT2D eigenvalue weighted by molar-refractivity contribution is 14.0. The molecule has 0 unspecified atom stereocenters. The Hall–Kier alpha value is -1.02. The average molecular weight is 499 g/mol. The van der Waals surface area contributed by atoms with Crippen molar-refractivity contribution in [1.82, 2.24) is 15.1 Å². The predicted molar refractivity (Wildman–Crippen MR) is 131 cm³/mol. The summed E-state index contributed by atoms with van der Waals surface area (Å²) >= 11 is 0. The van der Waals surface area contributed by atoms with Crippen LogP contribution in [-0.2, 0) is 0 Å². The molecule has 2 aliphatic rings. The molecule has 0 bridgehead atoms. The fraction of sp³-hybridized carbons (Fsp3) is 0.682. The van der Waals surface area contributed by atoms with Crippen molar-refractivity contribution in [2.24, 2.45) is 4.99 Å². The fourth-order valence-corrected chi connectivity index (χ4v) is 4.24. The Morgan fingerprint density at radius 1 is 1.00 bits per heavy atom. The highest BCUT2D eigenvalue weighted by atomic mass is 127. The molecule has 1 aromatic carbocycles. The minimum absolute atomic E-state index is 0. The van der Waals surface area contributed by atoms with Crippen LogP contribution in [0.2, 0.25) is 0 Å². The summed E-state index contributed by atoms with van der Waals surface area (Å²) in [4.78, 5) is 12.0. The van der Waals surface area contributed by atoms with Crippen molar-refractivity contribution in [1.29, 1.82) is 0 Å². The Morgan fingerprint density at radius 3 is 2.39 bits per heavy atom. The van der Waals surface area contributed by atoms with Gasteiger partial charge in [0.1, 0.15) is 0 Å². The number of hydrogen-bond donors (Lipinski definition) is 1.